The van der Waals surface area contributed by atoms with Crippen molar-refractivity contribution in [2.45, 2.75) is 45.1 Å². The number of rotatable bonds is 10. The Balaban J connectivity index is 1.23. The topological polar surface area (TPSA) is 68.8 Å². The number of amides is 1. The Kier molecular flexibility index (Phi) is 9.01. The maximum atomic E-state index is 13.6. The fraction of sp³-hybridized carbons (Fsp3) is 0.344. The van der Waals surface area contributed by atoms with Crippen LogP contribution in [0.2, 0.25) is 10.0 Å². The lowest BCUT2D eigenvalue weighted by atomic mass is 9.85. The van der Waals surface area contributed by atoms with E-state index in [4.69, 9.17) is 27.9 Å². The van der Waals surface area contributed by atoms with Crippen molar-refractivity contribution in [3.05, 3.63) is 99.7 Å². The molecule has 1 amide bonds. The predicted octanol–water partition coefficient (Wildman–Crippen LogP) is 6.33. The van der Waals surface area contributed by atoms with Crippen molar-refractivity contribution in [3.63, 3.8) is 0 Å². The number of carbonyl (C=O) groups is 1. The molecule has 0 saturated carbocycles. The zero-order valence-corrected chi connectivity index (χ0v) is 24.3. The number of nitrogens with zero attached hydrogens (tertiary/aromatic N) is 2. The number of carbonyl (C=O) groups excluding carboxylic acids is 1. The second-order valence-electron chi connectivity index (χ2n) is 10.7. The monoisotopic (exact) mass is 579 g/mol. The van der Waals surface area contributed by atoms with Gasteiger partial charge in [-0.25, -0.2) is 0 Å². The highest BCUT2D eigenvalue weighted by atomic mass is 35.5. The molecule has 0 bridgehead atoms. The molecule has 3 aromatic carbocycles. The van der Waals surface area contributed by atoms with Gasteiger partial charge in [-0.2, -0.15) is 0 Å². The average molecular weight is 581 g/mol. The number of ether oxygens (including phenoxy) is 1. The van der Waals surface area contributed by atoms with E-state index in [1.807, 2.05) is 72.7 Å². The van der Waals surface area contributed by atoms with E-state index >= 15 is 0 Å². The quantitative estimate of drug-likeness (QED) is 0.230. The highest BCUT2D eigenvalue weighted by Gasteiger charge is 2.41. The number of hydrogen-bond acceptors (Lipinski definition) is 4. The number of hydrogen-bond donors (Lipinski definition) is 2. The molecule has 2 N–H and O–H groups in total. The highest BCUT2D eigenvalue weighted by Crippen LogP contribution is 2.30. The molecule has 40 heavy (non-hydrogen) atoms. The third kappa shape index (κ3) is 6.64. The van der Waals surface area contributed by atoms with Crippen LogP contribution in [0.1, 0.15) is 30.0 Å². The van der Waals surface area contributed by atoms with Crippen molar-refractivity contribution < 1.29 is 14.6 Å². The molecule has 4 aromatic rings. The van der Waals surface area contributed by atoms with Gasteiger partial charge in [-0.05, 0) is 79.9 Å². The molecule has 6 nitrogen and oxygen atoms in total. The van der Waals surface area contributed by atoms with Gasteiger partial charge in [-0.3, -0.25) is 9.69 Å². The maximum absolute atomic E-state index is 13.6. The fourth-order valence-electron chi connectivity index (χ4n) is 5.76. The van der Waals surface area contributed by atoms with E-state index in [0.717, 1.165) is 39.8 Å². The minimum absolute atomic E-state index is 0.00560. The molecule has 1 aromatic heterocycles. The zero-order chi connectivity index (χ0) is 28.2. The largest absolute Gasteiger partial charge is 0.489 e. The van der Waals surface area contributed by atoms with Crippen molar-refractivity contribution >= 4 is 40.0 Å². The minimum atomic E-state index is -0.761. The van der Waals surface area contributed by atoms with Crippen LogP contribution in [0.5, 0.6) is 5.75 Å². The Morgan fingerprint density at radius 3 is 2.55 bits per heavy atom. The van der Waals surface area contributed by atoms with Crippen LogP contribution in [0.25, 0.3) is 10.9 Å². The van der Waals surface area contributed by atoms with Crippen LogP contribution in [0.15, 0.2) is 72.9 Å². The summed E-state index contributed by atoms with van der Waals surface area (Å²) in [5, 5.41) is 12.9. The molecule has 5 rings (SSSR count). The lowest BCUT2D eigenvalue weighted by Crippen LogP contribution is -2.56. The maximum Gasteiger partial charge on any atom is 0.229 e. The number of aliphatic hydroxyl groups is 1. The van der Waals surface area contributed by atoms with Gasteiger partial charge in [0.1, 0.15) is 12.4 Å². The van der Waals surface area contributed by atoms with Crippen molar-refractivity contribution in [2.24, 2.45) is 5.92 Å². The number of piperidine rings is 1. The molecule has 8 heteroatoms. The number of benzene rings is 3. The van der Waals surface area contributed by atoms with Crippen molar-refractivity contribution in [3.8, 4) is 5.75 Å². The summed E-state index contributed by atoms with van der Waals surface area (Å²) in [6.07, 6.45) is 2.74. The van der Waals surface area contributed by atoms with Gasteiger partial charge in [-0.15, -0.1) is 0 Å². The Morgan fingerprint density at radius 2 is 1.82 bits per heavy atom. The number of likely N-dealkylation sites (tertiary alicyclic amines) is 1. The summed E-state index contributed by atoms with van der Waals surface area (Å²) in [6.45, 7) is 4.03. The Hall–Kier alpha value is -3.03. The first kappa shape index (κ1) is 28.5. The lowest BCUT2D eigenvalue weighted by molar-refractivity contribution is -0.147. The summed E-state index contributed by atoms with van der Waals surface area (Å²) in [6, 6.07) is 21.6. The van der Waals surface area contributed by atoms with E-state index in [-0.39, 0.29) is 11.9 Å². The molecule has 210 valence electrons. The molecule has 1 saturated heterocycles. The van der Waals surface area contributed by atoms with E-state index < -0.39 is 12.0 Å². The number of nitrogens with one attached hydrogen (secondary N) is 1. The second-order valence-corrected chi connectivity index (χ2v) is 11.6. The number of halogens is 2. The summed E-state index contributed by atoms with van der Waals surface area (Å²) in [7, 11) is 1.99. The van der Waals surface area contributed by atoms with Gasteiger partial charge in [0, 0.05) is 52.8 Å². The van der Waals surface area contributed by atoms with E-state index in [1.54, 1.807) is 13.0 Å². The molecule has 3 atom stereocenters. The minimum Gasteiger partial charge on any atom is -0.489 e. The van der Waals surface area contributed by atoms with Gasteiger partial charge in [0.05, 0.1) is 12.0 Å². The summed E-state index contributed by atoms with van der Waals surface area (Å²) in [4.78, 5) is 21.0. The molecule has 1 unspecified atom stereocenters. The first-order valence-corrected chi connectivity index (χ1v) is 14.4. The van der Waals surface area contributed by atoms with Crippen LogP contribution < -0.4 is 4.74 Å². The Morgan fingerprint density at radius 1 is 1.07 bits per heavy atom. The normalized spacial score (nSPS) is 18.4. The van der Waals surface area contributed by atoms with Crippen molar-refractivity contribution in [1.82, 2.24) is 14.8 Å². The average Bonchev–Trinajstić information content (AvgIpc) is 3.33. The summed E-state index contributed by atoms with van der Waals surface area (Å²) >= 11 is 12.4. The van der Waals surface area contributed by atoms with Crippen LogP contribution in [0.3, 0.4) is 0 Å². The van der Waals surface area contributed by atoms with Gasteiger partial charge < -0.3 is 19.7 Å². The highest BCUT2D eigenvalue weighted by molar-refractivity contribution is 6.34. The number of aliphatic hydroxyl groups excluding tert-OH is 1. The number of H-pyrrole nitrogens is 1. The molecular formula is C32H35Cl2N3O3. The third-order valence-corrected chi connectivity index (χ3v) is 8.22. The molecule has 0 aliphatic carbocycles. The SMILES string of the molecule is CC(O)[C@@H]1C(=O)N(CCc2c[nH]c3ccc(OCc4ccccc4)cc23)CC[C@@H]1N(C)Cc1cc(Cl)cc(Cl)c1. The molecule has 0 radical (unpaired) electrons. The first-order valence-electron chi connectivity index (χ1n) is 13.7. The van der Waals surface area contributed by atoms with E-state index in [9.17, 15) is 9.90 Å². The van der Waals surface area contributed by atoms with E-state index in [1.165, 1.54) is 0 Å². The summed E-state index contributed by atoms with van der Waals surface area (Å²) in [5.41, 5.74) is 4.27. The molecule has 1 fully saturated rings. The predicted molar refractivity (Wildman–Crippen MR) is 161 cm³/mol. The third-order valence-electron chi connectivity index (χ3n) is 7.78. The fourth-order valence-corrected chi connectivity index (χ4v) is 6.33. The number of aromatic amines is 1. The van der Waals surface area contributed by atoms with Crippen molar-refractivity contribution in [1.29, 1.82) is 0 Å². The Labute approximate surface area is 245 Å². The Bertz CT molecular complexity index is 1440. The first-order chi connectivity index (χ1) is 19.3. The smallest absolute Gasteiger partial charge is 0.229 e. The second kappa shape index (κ2) is 12.6. The van der Waals surface area contributed by atoms with Gasteiger partial charge in [-0.1, -0.05) is 53.5 Å². The lowest BCUT2D eigenvalue weighted by Gasteiger charge is -2.43. The van der Waals surface area contributed by atoms with Gasteiger partial charge in [0.2, 0.25) is 5.91 Å². The van der Waals surface area contributed by atoms with Crippen molar-refractivity contribution in [2.75, 3.05) is 20.1 Å². The van der Waals surface area contributed by atoms with Crippen LogP contribution >= 0.6 is 23.2 Å². The zero-order valence-electron chi connectivity index (χ0n) is 22.8. The molecule has 1 aliphatic rings. The number of fused-ring (bicyclic) bond motifs is 1. The number of aromatic nitrogens is 1. The summed E-state index contributed by atoms with van der Waals surface area (Å²) in [5.74, 6) is 0.301. The van der Waals surface area contributed by atoms with Crippen LogP contribution in [0, 0.1) is 5.92 Å². The van der Waals surface area contributed by atoms with Gasteiger partial charge in [0.25, 0.3) is 0 Å². The van der Waals surface area contributed by atoms with Gasteiger partial charge >= 0.3 is 0 Å². The molecule has 2 heterocycles. The molecule has 0 spiro atoms. The standard InChI is InChI=1S/C32H35Cl2N3O3/c1-21(38)31-30(36(2)19-23-14-25(33)16-26(34)15-23)11-13-37(32(31)39)12-10-24-18-35-29-9-8-27(17-28(24)29)40-20-22-6-4-3-5-7-22/h3-9,14-18,21,30-31,35,38H,10-13,19-20H2,1-2H3/t21?,30-,31-/m0/s1. The van der Waals surface area contributed by atoms with Gasteiger partial charge in [0.15, 0.2) is 0 Å². The molecule has 1 aliphatic heterocycles. The van der Waals surface area contributed by atoms with Crippen LogP contribution in [0.4, 0.5) is 0 Å². The summed E-state index contributed by atoms with van der Waals surface area (Å²) < 4.78 is 6.04. The van der Waals surface area contributed by atoms with E-state index in [0.29, 0.717) is 42.7 Å². The van der Waals surface area contributed by atoms with Crippen LogP contribution in [-0.2, 0) is 24.4 Å². The van der Waals surface area contributed by atoms with Crippen LogP contribution in [-0.4, -0.2) is 58.1 Å². The molecular weight excluding hydrogens is 545 g/mol. The van der Waals surface area contributed by atoms with E-state index in [2.05, 4.69) is 16.0 Å².